The van der Waals surface area contributed by atoms with Crippen LogP contribution in [0.3, 0.4) is 0 Å². The van der Waals surface area contributed by atoms with Gasteiger partial charge in [0, 0.05) is 24.7 Å². The van der Waals surface area contributed by atoms with Crippen LogP contribution in [0.5, 0.6) is 0 Å². The fraction of sp³-hybridized carbons (Fsp3) is 0.0588. The number of non-ortho nitro benzene ring substituents is 1. The van der Waals surface area contributed by atoms with E-state index in [1.807, 2.05) is 36.4 Å². The third kappa shape index (κ3) is 3.64. The smallest absolute Gasteiger partial charge is 0.270 e. The lowest BCUT2D eigenvalue weighted by Crippen LogP contribution is -2.05. The Balaban J connectivity index is 1.79. The summed E-state index contributed by atoms with van der Waals surface area (Å²) in [5.41, 5.74) is 2.52. The summed E-state index contributed by atoms with van der Waals surface area (Å²) in [6, 6.07) is 12.1. The number of aromatic nitrogens is 1. The highest BCUT2D eigenvalue weighted by atomic mass is 32.1. The Hall–Kier alpha value is -3.06. The maximum Gasteiger partial charge on any atom is 0.270 e. The summed E-state index contributed by atoms with van der Waals surface area (Å²) in [5.74, 6) is -0.109. The number of hydrogen-bond acceptors (Lipinski definition) is 5. The number of fused-ring (bicyclic) bond motifs is 1. The average molecular weight is 339 g/mol. The van der Waals surface area contributed by atoms with E-state index in [9.17, 15) is 14.9 Å². The van der Waals surface area contributed by atoms with Gasteiger partial charge in [0.2, 0.25) is 5.91 Å². The summed E-state index contributed by atoms with van der Waals surface area (Å²) in [6.07, 6.45) is 3.77. The van der Waals surface area contributed by atoms with Gasteiger partial charge in [-0.05, 0) is 29.8 Å². The molecule has 3 rings (SSSR count). The maximum absolute atomic E-state index is 11.0. The zero-order valence-corrected chi connectivity index (χ0v) is 13.5. The molecule has 7 heteroatoms. The first-order valence-corrected chi connectivity index (χ1v) is 7.93. The van der Waals surface area contributed by atoms with Gasteiger partial charge in [-0.25, -0.2) is 4.98 Å². The van der Waals surface area contributed by atoms with Gasteiger partial charge in [0.15, 0.2) is 0 Å². The first kappa shape index (κ1) is 15.8. The van der Waals surface area contributed by atoms with E-state index in [2.05, 4.69) is 10.3 Å². The maximum atomic E-state index is 11.0. The zero-order chi connectivity index (χ0) is 17.1. The number of nitrogens with one attached hydrogen (secondary N) is 1. The molecule has 1 amide bonds. The van der Waals surface area contributed by atoms with E-state index in [1.54, 1.807) is 6.07 Å². The SMILES string of the molecule is CC(=O)Nc1ccc(/C=C/c2nc3ccc([N+](=O)[O-])cc3s2)cc1. The number of nitro benzene ring substituents is 1. The van der Waals surface area contributed by atoms with Gasteiger partial charge in [-0.1, -0.05) is 18.2 Å². The van der Waals surface area contributed by atoms with Gasteiger partial charge in [-0.2, -0.15) is 0 Å². The van der Waals surface area contributed by atoms with Crippen LogP contribution in [0.2, 0.25) is 0 Å². The molecule has 0 aliphatic heterocycles. The number of hydrogen-bond donors (Lipinski definition) is 1. The summed E-state index contributed by atoms with van der Waals surface area (Å²) >= 11 is 1.40. The molecule has 120 valence electrons. The van der Waals surface area contributed by atoms with E-state index < -0.39 is 4.92 Å². The Bertz CT molecular complexity index is 945. The molecule has 1 heterocycles. The highest BCUT2D eigenvalue weighted by Crippen LogP contribution is 2.27. The van der Waals surface area contributed by atoms with Gasteiger partial charge in [-0.3, -0.25) is 14.9 Å². The van der Waals surface area contributed by atoms with E-state index in [1.165, 1.54) is 30.4 Å². The molecule has 0 saturated heterocycles. The number of benzene rings is 2. The monoisotopic (exact) mass is 339 g/mol. The summed E-state index contributed by atoms with van der Waals surface area (Å²) in [4.78, 5) is 25.8. The lowest BCUT2D eigenvalue weighted by molar-refractivity contribution is -0.384. The van der Waals surface area contributed by atoms with Crippen LogP contribution in [0.15, 0.2) is 42.5 Å². The third-order valence-corrected chi connectivity index (χ3v) is 4.23. The molecule has 0 unspecified atom stereocenters. The molecule has 0 radical (unpaired) electrons. The van der Waals surface area contributed by atoms with Crippen LogP contribution in [0.1, 0.15) is 17.5 Å². The predicted octanol–water partition coefficient (Wildman–Crippen LogP) is 4.33. The van der Waals surface area contributed by atoms with Crippen molar-refractivity contribution in [2.45, 2.75) is 6.92 Å². The molecular weight excluding hydrogens is 326 g/mol. The van der Waals surface area contributed by atoms with Gasteiger partial charge in [0.1, 0.15) is 5.01 Å². The largest absolute Gasteiger partial charge is 0.326 e. The minimum absolute atomic E-state index is 0.0650. The van der Waals surface area contributed by atoms with E-state index in [0.717, 1.165) is 26.5 Å². The Labute approximate surface area is 141 Å². The van der Waals surface area contributed by atoms with Crippen LogP contribution >= 0.6 is 11.3 Å². The van der Waals surface area contributed by atoms with Crippen LogP contribution in [-0.2, 0) is 4.79 Å². The zero-order valence-electron chi connectivity index (χ0n) is 12.7. The van der Waals surface area contributed by atoms with Crippen molar-refractivity contribution in [2.24, 2.45) is 0 Å². The van der Waals surface area contributed by atoms with E-state index in [-0.39, 0.29) is 11.6 Å². The van der Waals surface area contributed by atoms with Crippen LogP contribution in [0.25, 0.3) is 22.4 Å². The Morgan fingerprint density at radius 3 is 2.62 bits per heavy atom. The minimum atomic E-state index is -0.411. The van der Waals surface area contributed by atoms with Crippen LogP contribution < -0.4 is 5.32 Å². The first-order valence-electron chi connectivity index (χ1n) is 7.12. The Morgan fingerprint density at radius 2 is 1.96 bits per heavy atom. The van der Waals surface area contributed by atoms with Crippen molar-refractivity contribution in [2.75, 3.05) is 5.32 Å². The molecule has 1 aromatic heterocycles. The van der Waals surface area contributed by atoms with Crippen LogP contribution in [0.4, 0.5) is 11.4 Å². The molecule has 6 nitrogen and oxygen atoms in total. The summed E-state index contributed by atoms with van der Waals surface area (Å²) in [7, 11) is 0. The van der Waals surface area contributed by atoms with Crippen molar-refractivity contribution >= 4 is 51.0 Å². The van der Waals surface area contributed by atoms with Crippen LogP contribution in [-0.4, -0.2) is 15.8 Å². The van der Waals surface area contributed by atoms with Crippen molar-refractivity contribution < 1.29 is 9.72 Å². The Kier molecular flexibility index (Phi) is 4.35. The molecule has 0 saturated carbocycles. The number of carbonyl (C=O) groups excluding carboxylic acids is 1. The molecule has 0 aliphatic rings. The molecule has 3 aromatic rings. The number of thiazole rings is 1. The molecule has 24 heavy (non-hydrogen) atoms. The second-order valence-corrected chi connectivity index (χ2v) is 6.16. The molecule has 0 atom stereocenters. The summed E-state index contributed by atoms with van der Waals surface area (Å²) in [6.45, 7) is 1.46. The van der Waals surface area contributed by atoms with Crippen molar-refractivity contribution in [3.05, 3.63) is 63.1 Å². The number of nitro groups is 1. The van der Waals surface area contributed by atoms with Crippen molar-refractivity contribution in [1.82, 2.24) is 4.98 Å². The van der Waals surface area contributed by atoms with Crippen molar-refractivity contribution in [3.8, 4) is 0 Å². The Morgan fingerprint density at radius 1 is 1.21 bits per heavy atom. The molecule has 0 bridgehead atoms. The van der Waals surface area contributed by atoms with Gasteiger partial charge >= 0.3 is 0 Å². The van der Waals surface area contributed by atoms with E-state index in [4.69, 9.17) is 0 Å². The number of carbonyl (C=O) groups is 1. The van der Waals surface area contributed by atoms with Gasteiger partial charge in [0.25, 0.3) is 5.69 Å². The quantitative estimate of drug-likeness (QED) is 0.566. The molecule has 0 spiro atoms. The number of anilines is 1. The van der Waals surface area contributed by atoms with E-state index >= 15 is 0 Å². The second-order valence-electron chi connectivity index (χ2n) is 5.10. The minimum Gasteiger partial charge on any atom is -0.326 e. The average Bonchev–Trinajstić information content (AvgIpc) is 2.95. The normalized spacial score (nSPS) is 11.0. The first-order chi connectivity index (χ1) is 11.5. The van der Waals surface area contributed by atoms with Crippen molar-refractivity contribution in [1.29, 1.82) is 0 Å². The summed E-state index contributed by atoms with van der Waals surface area (Å²) in [5, 5.41) is 14.3. The fourth-order valence-corrected chi connectivity index (χ4v) is 3.07. The second kappa shape index (κ2) is 6.59. The summed E-state index contributed by atoms with van der Waals surface area (Å²) < 4.78 is 0.782. The van der Waals surface area contributed by atoms with E-state index in [0.29, 0.717) is 0 Å². The van der Waals surface area contributed by atoms with Gasteiger partial charge in [-0.15, -0.1) is 11.3 Å². The number of amides is 1. The van der Waals surface area contributed by atoms with Crippen LogP contribution in [0, 0.1) is 10.1 Å². The molecule has 1 N–H and O–H groups in total. The highest BCUT2D eigenvalue weighted by molar-refractivity contribution is 7.19. The molecule has 2 aromatic carbocycles. The lowest BCUT2D eigenvalue weighted by Gasteiger charge is -2.01. The third-order valence-electron chi connectivity index (χ3n) is 3.25. The molecular formula is C17H13N3O3S. The fourth-order valence-electron chi connectivity index (χ4n) is 2.16. The van der Waals surface area contributed by atoms with Crippen molar-refractivity contribution in [3.63, 3.8) is 0 Å². The highest BCUT2D eigenvalue weighted by Gasteiger charge is 2.09. The van der Waals surface area contributed by atoms with Gasteiger partial charge in [0.05, 0.1) is 15.1 Å². The number of nitrogens with zero attached hydrogens (tertiary/aromatic N) is 2. The molecule has 0 aliphatic carbocycles. The predicted molar refractivity (Wildman–Crippen MR) is 95.9 cm³/mol. The van der Waals surface area contributed by atoms with Gasteiger partial charge < -0.3 is 5.32 Å². The molecule has 0 fully saturated rings. The standard InChI is InChI=1S/C17H13N3O3S/c1-11(21)18-13-5-2-12(3-6-13)4-9-17-19-15-8-7-14(20(22)23)10-16(15)24-17/h2-10H,1H3,(H,18,21)/b9-4+. The lowest BCUT2D eigenvalue weighted by atomic mass is 10.2. The number of rotatable bonds is 4. The topological polar surface area (TPSA) is 85.1 Å².